The van der Waals surface area contributed by atoms with Crippen molar-refractivity contribution in [3.8, 4) is 0 Å². The Bertz CT molecular complexity index is 1600. The predicted molar refractivity (Wildman–Crippen MR) is 151 cm³/mol. The second-order valence-electron chi connectivity index (χ2n) is 10.7. The summed E-state index contributed by atoms with van der Waals surface area (Å²) >= 11 is 6.19. The normalized spacial score (nSPS) is 12.8. The monoisotopic (exact) mass is 526 g/mol. The summed E-state index contributed by atoms with van der Waals surface area (Å²) in [6, 6.07) is 25.5. The van der Waals surface area contributed by atoms with Crippen LogP contribution in [0.3, 0.4) is 0 Å². The Morgan fingerprint density at radius 1 is 0.947 bits per heavy atom. The molecular formula is C30H31ClN6O. The Balaban J connectivity index is 1.72. The van der Waals surface area contributed by atoms with Crippen LogP contribution >= 0.6 is 11.6 Å². The summed E-state index contributed by atoms with van der Waals surface area (Å²) in [6.07, 6.45) is 0. The van der Waals surface area contributed by atoms with Gasteiger partial charge in [-0.05, 0) is 84.5 Å². The van der Waals surface area contributed by atoms with Crippen molar-refractivity contribution < 1.29 is 0 Å². The lowest BCUT2D eigenvalue weighted by Gasteiger charge is -2.33. The van der Waals surface area contributed by atoms with Crippen molar-refractivity contribution in [3.05, 3.63) is 122 Å². The molecule has 1 N–H and O–H groups in total. The zero-order valence-corrected chi connectivity index (χ0v) is 22.8. The second kappa shape index (κ2) is 10.5. The van der Waals surface area contributed by atoms with Gasteiger partial charge in [0.1, 0.15) is 6.04 Å². The highest BCUT2D eigenvalue weighted by Crippen LogP contribution is 2.32. The molecule has 0 aliphatic rings. The molecule has 0 radical (unpaired) electrons. The number of aryl methyl sites for hydroxylation is 1. The van der Waals surface area contributed by atoms with Crippen LogP contribution in [0, 0.1) is 6.92 Å². The standard InChI is InChI=1S/C30H31ClN6O/c1-20-10-13-23-17-25(29(38)32-26(23)16-20)27(28-33-34-35-37(28)30(2,3)4)36(18-21-8-6-5-7-9-21)19-22-11-14-24(31)15-12-22/h5-17,27H,18-19H2,1-4H3,(H,32,38)/t27-/m1/s1. The summed E-state index contributed by atoms with van der Waals surface area (Å²) in [5, 5.41) is 14.5. The van der Waals surface area contributed by atoms with Crippen molar-refractivity contribution >= 4 is 22.5 Å². The first-order valence-electron chi connectivity index (χ1n) is 12.6. The van der Waals surface area contributed by atoms with Crippen LogP contribution in [0.2, 0.25) is 5.02 Å². The van der Waals surface area contributed by atoms with E-state index < -0.39 is 11.6 Å². The number of H-pyrrole nitrogens is 1. The molecule has 0 aliphatic carbocycles. The molecule has 3 aromatic carbocycles. The number of aromatic amines is 1. The first-order valence-corrected chi connectivity index (χ1v) is 13.0. The number of nitrogens with zero attached hydrogens (tertiary/aromatic N) is 5. The molecule has 2 aromatic heterocycles. The minimum atomic E-state index is -0.519. The molecule has 0 fully saturated rings. The number of halogens is 1. The van der Waals surface area contributed by atoms with E-state index in [1.54, 1.807) is 0 Å². The van der Waals surface area contributed by atoms with Crippen molar-refractivity contribution in [2.75, 3.05) is 0 Å². The molecule has 38 heavy (non-hydrogen) atoms. The quantitative estimate of drug-likeness (QED) is 0.280. The van der Waals surface area contributed by atoms with Gasteiger partial charge in [-0.25, -0.2) is 4.68 Å². The number of pyridine rings is 1. The third-order valence-corrected chi connectivity index (χ3v) is 6.84. The fraction of sp³-hybridized carbons (Fsp3) is 0.267. The first-order chi connectivity index (χ1) is 18.2. The van der Waals surface area contributed by atoms with Gasteiger partial charge in [-0.1, -0.05) is 66.2 Å². The van der Waals surface area contributed by atoms with Gasteiger partial charge in [0.2, 0.25) is 0 Å². The third-order valence-electron chi connectivity index (χ3n) is 6.59. The van der Waals surface area contributed by atoms with Gasteiger partial charge in [0.15, 0.2) is 5.82 Å². The SMILES string of the molecule is Cc1ccc2cc([C@H](c3nnnn3C(C)(C)C)N(Cc3ccccc3)Cc3ccc(Cl)cc3)c(=O)[nH]c2c1. The Kier molecular flexibility index (Phi) is 7.15. The van der Waals surface area contributed by atoms with Crippen LogP contribution in [-0.4, -0.2) is 30.1 Å². The van der Waals surface area contributed by atoms with E-state index in [2.05, 4.69) is 58.3 Å². The Morgan fingerprint density at radius 2 is 1.63 bits per heavy atom. The average Bonchev–Trinajstić information content (AvgIpc) is 3.37. The Morgan fingerprint density at radius 3 is 2.32 bits per heavy atom. The smallest absolute Gasteiger partial charge is 0.253 e. The van der Waals surface area contributed by atoms with E-state index in [-0.39, 0.29) is 5.56 Å². The van der Waals surface area contributed by atoms with Crippen molar-refractivity contribution in [3.63, 3.8) is 0 Å². The van der Waals surface area contributed by atoms with Crippen LogP contribution in [0.1, 0.15) is 54.9 Å². The molecule has 0 amide bonds. The molecule has 0 saturated carbocycles. The maximum Gasteiger partial charge on any atom is 0.253 e. The molecule has 2 heterocycles. The molecule has 0 saturated heterocycles. The van der Waals surface area contributed by atoms with Crippen molar-refractivity contribution in [1.29, 1.82) is 0 Å². The van der Waals surface area contributed by atoms with Crippen molar-refractivity contribution in [2.24, 2.45) is 0 Å². The van der Waals surface area contributed by atoms with Crippen molar-refractivity contribution in [1.82, 2.24) is 30.1 Å². The summed E-state index contributed by atoms with van der Waals surface area (Å²) in [4.78, 5) is 19.1. The second-order valence-corrected chi connectivity index (χ2v) is 11.1. The number of rotatable bonds is 7. The van der Waals surface area contributed by atoms with Gasteiger partial charge >= 0.3 is 0 Å². The van der Waals surface area contributed by atoms with Crippen LogP contribution < -0.4 is 5.56 Å². The molecular weight excluding hydrogens is 496 g/mol. The van der Waals surface area contributed by atoms with Crippen LogP contribution in [0.4, 0.5) is 0 Å². The lowest BCUT2D eigenvalue weighted by atomic mass is 10.00. The predicted octanol–water partition coefficient (Wildman–Crippen LogP) is 6.02. The van der Waals surface area contributed by atoms with Gasteiger partial charge in [0.05, 0.1) is 5.54 Å². The van der Waals surface area contributed by atoms with Crippen LogP contribution in [0.5, 0.6) is 0 Å². The zero-order valence-electron chi connectivity index (χ0n) is 22.0. The summed E-state index contributed by atoms with van der Waals surface area (Å²) in [5.74, 6) is 0.611. The van der Waals surface area contributed by atoms with Crippen molar-refractivity contribution in [2.45, 2.75) is 52.4 Å². The number of hydrogen-bond acceptors (Lipinski definition) is 5. The van der Waals surface area contributed by atoms with E-state index in [0.717, 1.165) is 27.6 Å². The highest BCUT2D eigenvalue weighted by atomic mass is 35.5. The van der Waals surface area contributed by atoms with E-state index in [0.29, 0.717) is 29.5 Å². The third kappa shape index (κ3) is 5.54. The fourth-order valence-corrected chi connectivity index (χ4v) is 4.88. The zero-order chi connectivity index (χ0) is 26.9. The number of nitrogens with one attached hydrogen (secondary N) is 1. The summed E-state index contributed by atoms with van der Waals surface area (Å²) in [6.45, 7) is 9.31. The first kappa shape index (κ1) is 25.8. The highest BCUT2D eigenvalue weighted by molar-refractivity contribution is 6.30. The topological polar surface area (TPSA) is 79.7 Å². The van der Waals surface area contributed by atoms with E-state index in [4.69, 9.17) is 11.6 Å². The lowest BCUT2D eigenvalue weighted by molar-refractivity contribution is 0.184. The maximum atomic E-state index is 13.7. The lowest BCUT2D eigenvalue weighted by Crippen LogP contribution is -2.37. The van der Waals surface area contributed by atoms with Crippen LogP contribution in [0.15, 0.2) is 83.7 Å². The van der Waals surface area contributed by atoms with Gasteiger partial charge in [0.25, 0.3) is 5.56 Å². The molecule has 5 rings (SSSR count). The molecule has 7 nitrogen and oxygen atoms in total. The van der Waals surface area contributed by atoms with Gasteiger partial charge < -0.3 is 4.98 Å². The van der Waals surface area contributed by atoms with Gasteiger partial charge in [-0.2, -0.15) is 0 Å². The fourth-order valence-electron chi connectivity index (χ4n) is 4.76. The average molecular weight is 527 g/mol. The molecule has 0 unspecified atom stereocenters. The van der Waals surface area contributed by atoms with E-state index in [1.165, 1.54) is 0 Å². The molecule has 194 valence electrons. The van der Waals surface area contributed by atoms with E-state index >= 15 is 0 Å². The minimum Gasteiger partial charge on any atom is -0.322 e. The molecule has 0 bridgehead atoms. The van der Waals surface area contributed by atoms with E-state index in [1.807, 2.05) is 78.3 Å². The maximum absolute atomic E-state index is 13.7. The molecule has 8 heteroatoms. The number of aromatic nitrogens is 5. The van der Waals surface area contributed by atoms with Gasteiger partial charge in [0, 0.05) is 29.2 Å². The van der Waals surface area contributed by atoms with Crippen LogP contribution in [0.25, 0.3) is 10.9 Å². The van der Waals surface area contributed by atoms with E-state index in [9.17, 15) is 4.79 Å². The number of benzene rings is 3. The van der Waals surface area contributed by atoms with Gasteiger partial charge in [-0.3, -0.25) is 9.69 Å². The molecule has 5 aromatic rings. The number of fused-ring (bicyclic) bond motifs is 1. The minimum absolute atomic E-state index is 0.161. The van der Waals surface area contributed by atoms with Crippen LogP contribution in [-0.2, 0) is 18.6 Å². The Labute approximate surface area is 227 Å². The highest BCUT2D eigenvalue weighted by Gasteiger charge is 2.33. The Hall–Kier alpha value is -3.81. The molecule has 0 spiro atoms. The summed E-state index contributed by atoms with van der Waals surface area (Å²) in [5.41, 5.74) is 4.11. The summed E-state index contributed by atoms with van der Waals surface area (Å²) < 4.78 is 1.82. The number of tetrazole rings is 1. The summed E-state index contributed by atoms with van der Waals surface area (Å²) in [7, 11) is 0. The molecule has 1 atom stereocenters. The largest absolute Gasteiger partial charge is 0.322 e. The van der Waals surface area contributed by atoms with Gasteiger partial charge in [-0.15, -0.1) is 5.10 Å². The number of hydrogen-bond donors (Lipinski definition) is 1. The molecule has 0 aliphatic heterocycles.